The van der Waals surface area contributed by atoms with Crippen LogP contribution in [0.2, 0.25) is 0 Å². The second kappa shape index (κ2) is 4.58. The van der Waals surface area contributed by atoms with Gasteiger partial charge in [0.25, 0.3) is 0 Å². The number of methoxy groups -OCH3 is 1. The van der Waals surface area contributed by atoms with Crippen molar-refractivity contribution in [2.45, 2.75) is 0 Å². The SMILES string of the molecule is COC(=O)c1nn(-c2ccc(Br)cc2)cc1O. The molecule has 0 aliphatic heterocycles. The molecule has 0 amide bonds. The molecule has 88 valence electrons. The predicted octanol–water partition coefficient (Wildman–Crippen LogP) is 2.13. The zero-order valence-electron chi connectivity index (χ0n) is 8.92. The van der Waals surface area contributed by atoms with Gasteiger partial charge < -0.3 is 9.84 Å². The molecule has 2 aromatic rings. The lowest BCUT2D eigenvalue weighted by Gasteiger charge is -2.00. The molecule has 17 heavy (non-hydrogen) atoms. The molecule has 0 aliphatic rings. The molecule has 1 heterocycles. The van der Waals surface area contributed by atoms with E-state index in [4.69, 9.17) is 0 Å². The van der Waals surface area contributed by atoms with Crippen molar-refractivity contribution in [3.8, 4) is 11.4 Å². The highest BCUT2D eigenvalue weighted by molar-refractivity contribution is 9.10. The highest BCUT2D eigenvalue weighted by atomic mass is 79.9. The van der Waals surface area contributed by atoms with Gasteiger partial charge in [-0.2, -0.15) is 5.10 Å². The number of nitrogens with zero attached hydrogens (tertiary/aromatic N) is 2. The van der Waals surface area contributed by atoms with Gasteiger partial charge in [-0.3, -0.25) is 0 Å². The van der Waals surface area contributed by atoms with Crippen LogP contribution in [0.15, 0.2) is 34.9 Å². The summed E-state index contributed by atoms with van der Waals surface area (Å²) in [5.74, 6) is -0.877. The average molecular weight is 297 g/mol. The van der Waals surface area contributed by atoms with Gasteiger partial charge in [0.2, 0.25) is 5.69 Å². The Hall–Kier alpha value is -1.82. The summed E-state index contributed by atoms with van der Waals surface area (Å²) >= 11 is 3.32. The van der Waals surface area contributed by atoms with Gasteiger partial charge >= 0.3 is 5.97 Å². The van der Waals surface area contributed by atoms with Gasteiger partial charge in [-0.05, 0) is 24.3 Å². The maximum absolute atomic E-state index is 11.3. The first-order chi connectivity index (χ1) is 8.11. The first kappa shape index (κ1) is 11.7. The first-order valence-corrected chi connectivity index (χ1v) is 5.54. The van der Waals surface area contributed by atoms with Crippen molar-refractivity contribution >= 4 is 21.9 Å². The molecule has 1 aromatic carbocycles. The van der Waals surface area contributed by atoms with E-state index in [-0.39, 0.29) is 11.4 Å². The van der Waals surface area contributed by atoms with Crippen molar-refractivity contribution < 1.29 is 14.6 Å². The number of aromatic hydroxyl groups is 1. The normalized spacial score (nSPS) is 10.2. The highest BCUT2D eigenvalue weighted by Crippen LogP contribution is 2.20. The Bertz CT molecular complexity index is 548. The number of aromatic nitrogens is 2. The smallest absolute Gasteiger partial charge is 0.362 e. The summed E-state index contributed by atoms with van der Waals surface area (Å²) < 4.78 is 6.85. The Kier molecular flexibility index (Phi) is 3.14. The van der Waals surface area contributed by atoms with Gasteiger partial charge in [0.05, 0.1) is 19.0 Å². The number of rotatable bonds is 2. The molecule has 6 heteroatoms. The third-order valence-electron chi connectivity index (χ3n) is 2.16. The summed E-state index contributed by atoms with van der Waals surface area (Å²) in [6, 6.07) is 7.28. The Morgan fingerprint density at radius 1 is 1.41 bits per heavy atom. The summed E-state index contributed by atoms with van der Waals surface area (Å²) in [4.78, 5) is 11.3. The number of carbonyl (C=O) groups is 1. The monoisotopic (exact) mass is 296 g/mol. The van der Waals surface area contributed by atoms with Crippen molar-refractivity contribution in [3.63, 3.8) is 0 Å². The Morgan fingerprint density at radius 3 is 2.65 bits per heavy atom. The number of carbonyl (C=O) groups excluding carboxylic acids is 1. The molecule has 0 aliphatic carbocycles. The Balaban J connectivity index is 2.41. The lowest BCUT2D eigenvalue weighted by atomic mass is 10.3. The van der Waals surface area contributed by atoms with E-state index in [1.54, 1.807) is 12.1 Å². The molecule has 5 nitrogen and oxygen atoms in total. The number of esters is 1. The molecule has 0 unspecified atom stereocenters. The molecule has 2 rings (SSSR count). The van der Waals surface area contributed by atoms with E-state index >= 15 is 0 Å². The topological polar surface area (TPSA) is 64.3 Å². The van der Waals surface area contributed by atoms with E-state index in [2.05, 4.69) is 25.8 Å². The number of hydrogen-bond donors (Lipinski definition) is 1. The van der Waals surface area contributed by atoms with Gasteiger partial charge in [-0.1, -0.05) is 15.9 Å². The standard InChI is InChI=1S/C11H9BrN2O3/c1-17-11(16)10-9(15)6-14(13-10)8-4-2-7(12)3-5-8/h2-6,15H,1H3. The van der Waals surface area contributed by atoms with Gasteiger partial charge in [-0.25, -0.2) is 9.48 Å². The molecule has 0 atom stereocenters. The van der Waals surface area contributed by atoms with E-state index in [0.29, 0.717) is 0 Å². The van der Waals surface area contributed by atoms with E-state index < -0.39 is 5.97 Å². The largest absolute Gasteiger partial charge is 0.504 e. The van der Waals surface area contributed by atoms with Crippen molar-refractivity contribution in [1.82, 2.24) is 9.78 Å². The second-order valence-electron chi connectivity index (χ2n) is 3.28. The maximum atomic E-state index is 11.3. The molecule has 1 aromatic heterocycles. The molecule has 0 saturated carbocycles. The van der Waals surface area contributed by atoms with Crippen molar-refractivity contribution in [1.29, 1.82) is 0 Å². The van der Waals surface area contributed by atoms with Crippen LogP contribution in [0.1, 0.15) is 10.5 Å². The zero-order chi connectivity index (χ0) is 12.4. The van der Waals surface area contributed by atoms with Crippen LogP contribution in [-0.4, -0.2) is 28.0 Å². The third kappa shape index (κ3) is 2.31. The summed E-state index contributed by atoms with van der Waals surface area (Å²) in [7, 11) is 1.24. The van der Waals surface area contributed by atoms with Crippen molar-refractivity contribution in [2.24, 2.45) is 0 Å². The molecule has 0 fully saturated rings. The van der Waals surface area contributed by atoms with E-state index in [0.717, 1.165) is 10.2 Å². The molecule has 0 spiro atoms. The summed E-state index contributed by atoms with van der Waals surface area (Å²) in [5, 5.41) is 13.5. The fourth-order valence-electron chi connectivity index (χ4n) is 1.33. The molecule has 1 N–H and O–H groups in total. The fraction of sp³-hybridized carbons (Fsp3) is 0.0909. The maximum Gasteiger partial charge on any atom is 0.362 e. The zero-order valence-corrected chi connectivity index (χ0v) is 10.5. The van der Waals surface area contributed by atoms with Crippen LogP contribution in [0.3, 0.4) is 0 Å². The number of ether oxygens (including phenoxy) is 1. The minimum Gasteiger partial charge on any atom is -0.504 e. The molecular formula is C11H9BrN2O3. The predicted molar refractivity (Wildman–Crippen MR) is 64.3 cm³/mol. The van der Waals surface area contributed by atoms with Crippen LogP contribution in [0.5, 0.6) is 5.75 Å². The average Bonchev–Trinajstić information content (AvgIpc) is 2.71. The van der Waals surface area contributed by atoms with E-state index in [9.17, 15) is 9.90 Å². The van der Waals surface area contributed by atoms with Gasteiger partial charge in [-0.15, -0.1) is 0 Å². The summed E-state index contributed by atoms with van der Waals surface area (Å²) in [6.45, 7) is 0. The van der Waals surface area contributed by atoms with Crippen LogP contribution in [0.25, 0.3) is 5.69 Å². The van der Waals surface area contributed by atoms with Crippen LogP contribution in [0, 0.1) is 0 Å². The Labute approximate surface area is 106 Å². The molecule has 0 radical (unpaired) electrons. The lowest BCUT2D eigenvalue weighted by Crippen LogP contribution is -2.04. The van der Waals surface area contributed by atoms with Crippen molar-refractivity contribution in [3.05, 3.63) is 40.6 Å². The number of halogens is 1. The Morgan fingerprint density at radius 2 is 2.06 bits per heavy atom. The van der Waals surface area contributed by atoms with Crippen LogP contribution in [-0.2, 0) is 4.74 Å². The molecule has 0 bridgehead atoms. The lowest BCUT2D eigenvalue weighted by molar-refractivity contribution is 0.0590. The summed E-state index contributed by atoms with van der Waals surface area (Å²) in [6.07, 6.45) is 1.36. The van der Waals surface area contributed by atoms with Crippen LogP contribution in [0.4, 0.5) is 0 Å². The first-order valence-electron chi connectivity index (χ1n) is 4.74. The quantitative estimate of drug-likeness (QED) is 0.862. The fourth-order valence-corrected chi connectivity index (χ4v) is 1.60. The van der Waals surface area contributed by atoms with Gasteiger partial charge in [0, 0.05) is 4.47 Å². The number of hydrogen-bond acceptors (Lipinski definition) is 4. The van der Waals surface area contributed by atoms with Gasteiger partial charge in [0.1, 0.15) is 0 Å². The van der Waals surface area contributed by atoms with Crippen molar-refractivity contribution in [2.75, 3.05) is 7.11 Å². The second-order valence-corrected chi connectivity index (χ2v) is 4.19. The van der Waals surface area contributed by atoms with E-state index in [1.807, 2.05) is 12.1 Å². The van der Waals surface area contributed by atoms with Gasteiger partial charge in [0.15, 0.2) is 5.75 Å². The minimum atomic E-state index is -0.668. The van der Waals surface area contributed by atoms with Crippen LogP contribution < -0.4 is 0 Å². The molecule has 0 saturated heterocycles. The molecular weight excluding hydrogens is 288 g/mol. The summed E-state index contributed by atoms with van der Waals surface area (Å²) in [5.41, 5.74) is 0.633. The highest BCUT2D eigenvalue weighted by Gasteiger charge is 2.17. The minimum absolute atomic E-state index is 0.101. The third-order valence-corrected chi connectivity index (χ3v) is 2.69. The van der Waals surface area contributed by atoms with Crippen LogP contribution >= 0.6 is 15.9 Å². The van der Waals surface area contributed by atoms with E-state index in [1.165, 1.54) is 18.0 Å². The number of benzene rings is 1.